The van der Waals surface area contributed by atoms with Crippen LogP contribution in [-0.4, -0.2) is 27.4 Å². The molecular weight excluding hydrogens is 359 g/mol. The highest BCUT2D eigenvalue weighted by molar-refractivity contribution is 6.35. The number of fused-ring (bicyclic) bond motifs is 1. The van der Waals surface area contributed by atoms with Gasteiger partial charge in [0.2, 0.25) is 0 Å². The first kappa shape index (κ1) is 17.7. The molecule has 3 rings (SSSR count). The van der Waals surface area contributed by atoms with Gasteiger partial charge in [0.1, 0.15) is 30.0 Å². The summed E-state index contributed by atoms with van der Waals surface area (Å²) in [5.41, 5.74) is 5.17. The Morgan fingerprint density at radius 2 is 1.88 bits per heavy atom. The molecule has 0 unspecified atom stereocenters. The maximum absolute atomic E-state index is 6.45. The van der Waals surface area contributed by atoms with Crippen molar-refractivity contribution in [3.63, 3.8) is 0 Å². The van der Waals surface area contributed by atoms with Crippen LogP contribution in [-0.2, 0) is 4.84 Å². The van der Waals surface area contributed by atoms with Crippen molar-refractivity contribution in [1.29, 1.82) is 0 Å². The minimum absolute atomic E-state index is 0.563. The maximum atomic E-state index is 6.45. The highest BCUT2D eigenvalue weighted by Gasteiger charge is 2.21. The van der Waals surface area contributed by atoms with Gasteiger partial charge in [-0.3, -0.25) is 4.57 Å². The van der Waals surface area contributed by atoms with Crippen LogP contribution in [0.15, 0.2) is 23.4 Å². The van der Waals surface area contributed by atoms with Crippen LogP contribution < -0.4 is 0 Å². The van der Waals surface area contributed by atoms with Crippen LogP contribution >= 0.6 is 23.2 Å². The first-order chi connectivity index (χ1) is 11.8. The molecule has 0 fully saturated rings. The molecule has 0 aliphatic carbocycles. The van der Waals surface area contributed by atoms with E-state index in [9.17, 15) is 0 Å². The second-order valence-electron chi connectivity index (χ2n) is 5.82. The summed E-state index contributed by atoms with van der Waals surface area (Å²) >= 11 is 12.5. The van der Waals surface area contributed by atoms with E-state index >= 15 is 0 Å². The fourth-order valence-corrected chi connectivity index (χ4v) is 3.46. The van der Waals surface area contributed by atoms with E-state index in [1.807, 2.05) is 44.4 Å². The Morgan fingerprint density at radius 1 is 1.16 bits per heavy atom. The molecule has 2 heterocycles. The summed E-state index contributed by atoms with van der Waals surface area (Å²) in [5, 5.41) is 6.13. The summed E-state index contributed by atoms with van der Waals surface area (Å²) in [6, 6.07) is 5.44. The molecule has 0 aliphatic heterocycles. The van der Waals surface area contributed by atoms with Crippen LogP contribution in [0.3, 0.4) is 0 Å². The third-order valence-electron chi connectivity index (χ3n) is 4.19. The van der Waals surface area contributed by atoms with Gasteiger partial charge in [-0.2, -0.15) is 0 Å². The van der Waals surface area contributed by atoms with E-state index in [0.29, 0.717) is 21.6 Å². The fraction of sp³-hybridized carbons (Fsp3) is 0.278. The van der Waals surface area contributed by atoms with Crippen molar-refractivity contribution in [2.24, 2.45) is 5.16 Å². The van der Waals surface area contributed by atoms with Gasteiger partial charge in [0, 0.05) is 10.7 Å². The second-order valence-corrected chi connectivity index (χ2v) is 6.66. The van der Waals surface area contributed by atoms with Crippen LogP contribution in [0, 0.1) is 20.8 Å². The van der Waals surface area contributed by atoms with E-state index in [1.165, 1.54) is 7.11 Å². The monoisotopic (exact) mass is 376 g/mol. The van der Waals surface area contributed by atoms with Gasteiger partial charge in [-0.25, -0.2) is 9.97 Å². The van der Waals surface area contributed by atoms with Gasteiger partial charge in [-0.05, 0) is 51.5 Å². The zero-order chi connectivity index (χ0) is 18.3. The van der Waals surface area contributed by atoms with Gasteiger partial charge in [0.15, 0.2) is 0 Å². The Kier molecular flexibility index (Phi) is 4.71. The van der Waals surface area contributed by atoms with E-state index in [1.54, 1.807) is 6.07 Å². The van der Waals surface area contributed by atoms with Crippen LogP contribution in [0.2, 0.25) is 10.0 Å². The molecule has 3 aromatic rings. The van der Waals surface area contributed by atoms with Crippen LogP contribution in [0.1, 0.15) is 29.7 Å². The lowest BCUT2D eigenvalue weighted by Gasteiger charge is -2.11. The van der Waals surface area contributed by atoms with Crippen molar-refractivity contribution < 1.29 is 4.84 Å². The van der Waals surface area contributed by atoms with Crippen molar-refractivity contribution in [1.82, 2.24) is 14.5 Å². The number of aromatic nitrogens is 3. The fourth-order valence-electron chi connectivity index (χ4n) is 2.97. The smallest absolute Gasteiger partial charge is 0.149 e. The van der Waals surface area contributed by atoms with Gasteiger partial charge in [0.25, 0.3) is 0 Å². The summed E-state index contributed by atoms with van der Waals surface area (Å²) in [4.78, 5) is 14.2. The van der Waals surface area contributed by atoms with E-state index in [4.69, 9.17) is 28.0 Å². The normalized spacial score (nSPS) is 12.0. The molecular formula is C18H18Cl2N4O. The van der Waals surface area contributed by atoms with Crippen molar-refractivity contribution in [2.45, 2.75) is 27.7 Å². The third-order valence-corrected chi connectivity index (χ3v) is 4.73. The lowest BCUT2D eigenvalue weighted by Crippen LogP contribution is -2.06. The molecule has 5 nitrogen and oxygen atoms in total. The maximum Gasteiger partial charge on any atom is 0.149 e. The molecule has 0 atom stereocenters. The van der Waals surface area contributed by atoms with E-state index < -0.39 is 0 Å². The zero-order valence-electron chi connectivity index (χ0n) is 14.7. The number of benzene rings is 1. The van der Waals surface area contributed by atoms with E-state index in [0.717, 1.165) is 33.7 Å². The predicted molar refractivity (Wildman–Crippen MR) is 102 cm³/mol. The van der Waals surface area contributed by atoms with Crippen LogP contribution in [0.4, 0.5) is 0 Å². The molecule has 0 amide bonds. The number of nitrogens with zero attached hydrogens (tertiary/aromatic N) is 4. The van der Waals surface area contributed by atoms with Crippen molar-refractivity contribution in [3.05, 3.63) is 51.0 Å². The minimum atomic E-state index is 0.563. The Labute approximate surface area is 156 Å². The topological polar surface area (TPSA) is 52.3 Å². The summed E-state index contributed by atoms with van der Waals surface area (Å²) in [6.07, 6.45) is 0. The molecule has 0 bridgehead atoms. The van der Waals surface area contributed by atoms with Crippen LogP contribution in [0.25, 0.3) is 16.7 Å². The molecule has 2 aromatic heterocycles. The Balaban J connectivity index is 2.43. The summed E-state index contributed by atoms with van der Waals surface area (Å²) in [7, 11) is 1.52. The lowest BCUT2D eigenvalue weighted by molar-refractivity contribution is 0.213. The summed E-state index contributed by atoms with van der Waals surface area (Å²) < 4.78 is 2.03. The standard InChI is InChI=1S/C18H18Cl2N4O/c1-9-11(3)24(15-7-6-13(19)8-14(15)20)18-16(9)17(10(2)23-25-5)21-12(4)22-18/h6-8H,1-5H3/b23-10+. The second kappa shape index (κ2) is 6.65. The number of oxime groups is 1. The third kappa shape index (κ3) is 2.98. The average molecular weight is 377 g/mol. The minimum Gasteiger partial charge on any atom is -0.399 e. The highest BCUT2D eigenvalue weighted by atomic mass is 35.5. The first-order valence-electron chi connectivity index (χ1n) is 7.75. The van der Waals surface area contributed by atoms with Gasteiger partial charge in [-0.15, -0.1) is 0 Å². The predicted octanol–water partition coefficient (Wildman–Crippen LogP) is 5.02. The Morgan fingerprint density at radius 3 is 2.52 bits per heavy atom. The quantitative estimate of drug-likeness (QED) is 0.476. The SMILES string of the molecule is CO/N=C(\C)c1nc(C)nc2c1c(C)c(C)n2-c1ccc(Cl)cc1Cl. The molecule has 1 aromatic carbocycles. The zero-order valence-corrected chi connectivity index (χ0v) is 16.2. The van der Waals surface area contributed by atoms with Crippen LogP contribution in [0.5, 0.6) is 0 Å². The molecule has 0 spiro atoms. The van der Waals surface area contributed by atoms with Crippen molar-refractivity contribution >= 4 is 39.9 Å². The highest BCUT2D eigenvalue weighted by Crippen LogP contribution is 2.33. The molecule has 0 saturated heterocycles. The summed E-state index contributed by atoms with van der Waals surface area (Å²) in [5.74, 6) is 0.650. The molecule has 130 valence electrons. The first-order valence-corrected chi connectivity index (χ1v) is 8.50. The average Bonchev–Trinajstić information content (AvgIpc) is 2.79. The van der Waals surface area contributed by atoms with E-state index in [-0.39, 0.29) is 0 Å². The number of hydrogen-bond donors (Lipinski definition) is 0. The largest absolute Gasteiger partial charge is 0.399 e. The number of hydrogen-bond acceptors (Lipinski definition) is 4. The lowest BCUT2D eigenvalue weighted by atomic mass is 10.1. The molecule has 0 saturated carbocycles. The molecule has 0 aliphatic rings. The van der Waals surface area contributed by atoms with Gasteiger partial charge in [0.05, 0.1) is 16.1 Å². The van der Waals surface area contributed by atoms with Gasteiger partial charge in [-0.1, -0.05) is 28.4 Å². The Bertz CT molecular complexity index is 1010. The van der Waals surface area contributed by atoms with Crippen molar-refractivity contribution in [3.8, 4) is 5.69 Å². The van der Waals surface area contributed by atoms with Crippen molar-refractivity contribution in [2.75, 3.05) is 7.11 Å². The number of halogens is 2. The molecule has 7 heteroatoms. The Hall–Kier alpha value is -2.11. The number of aryl methyl sites for hydroxylation is 2. The molecule has 0 N–H and O–H groups in total. The molecule has 0 radical (unpaired) electrons. The van der Waals surface area contributed by atoms with Gasteiger partial charge >= 0.3 is 0 Å². The molecule has 25 heavy (non-hydrogen) atoms. The van der Waals surface area contributed by atoms with Gasteiger partial charge < -0.3 is 4.84 Å². The number of rotatable bonds is 3. The summed E-state index contributed by atoms with van der Waals surface area (Å²) in [6.45, 7) is 7.80. The van der Waals surface area contributed by atoms with E-state index in [2.05, 4.69) is 15.1 Å².